The van der Waals surface area contributed by atoms with Crippen molar-refractivity contribution in [2.75, 3.05) is 13.2 Å². The number of rotatable bonds is 4. The molecule has 21 heavy (non-hydrogen) atoms. The molecule has 0 spiro atoms. The summed E-state index contributed by atoms with van der Waals surface area (Å²) in [4.78, 5) is 3.30. The van der Waals surface area contributed by atoms with Crippen LogP contribution in [0.4, 0.5) is 0 Å². The van der Waals surface area contributed by atoms with Crippen LogP contribution in [0.2, 0.25) is 0 Å². The quantitative estimate of drug-likeness (QED) is 0.211. The van der Waals surface area contributed by atoms with E-state index in [0.29, 0.717) is 19.8 Å². The van der Waals surface area contributed by atoms with Gasteiger partial charge in [-0.3, -0.25) is 0 Å². The van der Waals surface area contributed by atoms with Crippen molar-refractivity contribution in [1.82, 2.24) is 0 Å². The fourth-order valence-electron chi connectivity index (χ4n) is 1.88. The van der Waals surface area contributed by atoms with E-state index >= 15 is 0 Å². The SMILES string of the molecule is C.NN=PP(Cl)I.[Li+].[N-]=PP(C1CCCO1)C1CCCO1. The fraction of sp³-hybridized carbons (Fsp3) is 1.00. The summed E-state index contributed by atoms with van der Waals surface area (Å²) in [6.45, 7) is 1.73. The summed E-state index contributed by atoms with van der Waals surface area (Å²) in [5, 5.41) is 9.29. The maximum absolute atomic E-state index is 9.29. The zero-order valence-corrected chi connectivity index (χ0v) is 17.7. The van der Waals surface area contributed by atoms with Gasteiger partial charge in [-0.1, -0.05) is 18.7 Å². The maximum Gasteiger partial charge on any atom is 1.00 e. The third-order valence-corrected chi connectivity index (χ3v) is 10.3. The number of nitrogens with two attached hydrogens (primary N) is 1. The van der Waals surface area contributed by atoms with Gasteiger partial charge >= 0.3 is 18.9 Å². The fourth-order valence-corrected chi connectivity index (χ4v) is 7.34. The monoisotopic (exact) mass is 495 g/mol. The molecule has 12 heteroatoms. The van der Waals surface area contributed by atoms with Crippen molar-refractivity contribution >= 4 is 61.6 Å². The summed E-state index contributed by atoms with van der Waals surface area (Å²) < 4.78 is 10.7. The van der Waals surface area contributed by atoms with Crippen LogP contribution in [0, 0.1) is 0 Å². The van der Waals surface area contributed by atoms with E-state index in [0.717, 1.165) is 47.0 Å². The predicted molar refractivity (Wildman–Crippen MR) is 102 cm³/mol. The van der Waals surface area contributed by atoms with Gasteiger partial charge in [-0.15, -0.1) is 0 Å². The van der Waals surface area contributed by atoms with Gasteiger partial charge in [0.25, 0.3) is 0 Å². The topological polar surface area (TPSA) is 79.1 Å². The predicted octanol–water partition coefficient (Wildman–Crippen LogP) is 3.89. The Kier molecular flexibility index (Phi) is 19.7. The van der Waals surface area contributed by atoms with E-state index < -0.39 is 12.2 Å². The van der Waals surface area contributed by atoms with Crippen molar-refractivity contribution in [3.05, 3.63) is 5.16 Å². The molecule has 0 aliphatic carbocycles. The molecule has 0 radical (unpaired) electrons. The average molecular weight is 495 g/mol. The Morgan fingerprint density at radius 2 is 1.71 bits per heavy atom. The molecule has 2 saturated heterocycles. The summed E-state index contributed by atoms with van der Waals surface area (Å²) in [5.41, 5.74) is 0. The Morgan fingerprint density at radius 3 is 1.90 bits per heavy atom. The Hall–Kier alpha value is 2.56. The molecule has 2 heterocycles. The molecule has 2 fully saturated rings. The van der Waals surface area contributed by atoms with Gasteiger partial charge < -0.3 is 14.6 Å². The van der Waals surface area contributed by atoms with Gasteiger partial charge in [0.15, 0.2) is 0 Å². The van der Waals surface area contributed by atoms with Gasteiger partial charge in [0, 0.05) is 13.2 Å². The average Bonchev–Trinajstić information content (AvgIpc) is 3.03. The number of ether oxygens (including phenoxy) is 2. The standard InChI is InChI=1S/C8H14NO2P2.CH4.ClH2IN2P2.Li/c9-12-13(7-3-1-5-10-7)8-4-2-6-11-8;;1-6(2)5-4-3;/h7-8H,1-6H2;1H4;3H2;/q-1;;;+1. The molecule has 2 aliphatic heterocycles. The maximum atomic E-state index is 9.29. The van der Waals surface area contributed by atoms with Crippen molar-refractivity contribution in [3.8, 4) is 0 Å². The van der Waals surface area contributed by atoms with Crippen molar-refractivity contribution in [2.24, 2.45) is 10.7 Å². The number of hydrogen-bond donors (Lipinski definition) is 1. The minimum atomic E-state index is -0.478. The van der Waals surface area contributed by atoms with Crippen molar-refractivity contribution in [1.29, 1.82) is 0 Å². The summed E-state index contributed by atoms with van der Waals surface area (Å²) in [5.74, 6) is 5.36. The Balaban J connectivity index is 0. The van der Waals surface area contributed by atoms with E-state index in [1.807, 2.05) is 0 Å². The van der Waals surface area contributed by atoms with Crippen LogP contribution in [0.3, 0.4) is 0 Å². The summed E-state index contributed by atoms with van der Waals surface area (Å²) in [7, 11) is 0.826. The van der Waals surface area contributed by atoms with Crippen LogP contribution in [-0.4, -0.2) is 24.9 Å². The van der Waals surface area contributed by atoms with Crippen LogP contribution < -0.4 is 24.7 Å². The molecule has 2 N–H and O–H groups in total. The van der Waals surface area contributed by atoms with E-state index in [2.05, 4.69) is 26.9 Å². The van der Waals surface area contributed by atoms with E-state index in [4.69, 9.17) is 26.6 Å². The summed E-state index contributed by atoms with van der Waals surface area (Å²) in [6, 6.07) is 0. The van der Waals surface area contributed by atoms with E-state index in [1.165, 1.54) is 0 Å². The van der Waals surface area contributed by atoms with Crippen molar-refractivity contribution < 1.29 is 28.3 Å². The molecule has 0 aromatic rings. The van der Waals surface area contributed by atoms with Gasteiger partial charge in [0.2, 0.25) is 0 Å². The van der Waals surface area contributed by atoms with Gasteiger partial charge in [-0.25, -0.2) is 13.9 Å². The normalized spacial score (nSPS) is 27.4. The molecular weight excluding hydrogens is 475 g/mol. The van der Waals surface area contributed by atoms with Crippen LogP contribution in [0.25, 0.3) is 5.16 Å². The Labute approximate surface area is 162 Å². The number of halogens is 2. The molecule has 0 aromatic heterocycles. The molecule has 2 aliphatic rings. The largest absolute Gasteiger partial charge is 1.00 e. The van der Waals surface area contributed by atoms with Gasteiger partial charge in [-0.2, -0.15) is 4.85 Å². The molecule has 0 saturated carbocycles. The first-order valence-corrected chi connectivity index (χ1v) is 15.4. The minimum absolute atomic E-state index is 0. The van der Waals surface area contributed by atoms with Crippen LogP contribution in [0.5, 0.6) is 0 Å². The molecule has 118 valence electrons. The first-order chi connectivity index (χ1) is 9.19. The molecule has 0 bridgehead atoms. The van der Waals surface area contributed by atoms with Gasteiger partial charge in [0.1, 0.15) is 4.61 Å². The van der Waals surface area contributed by atoms with Crippen LogP contribution in [0.15, 0.2) is 4.85 Å². The summed E-state index contributed by atoms with van der Waals surface area (Å²) >= 11 is 7.53. The zero-order valence-electron chi connectivity index (χ0n) is 11.2. The Bertz CT molecular complexity index is 282. The molecule has 3 atom stereocenters. The second kappa shape index (κ2) is 16.0. The third-order valence-electron chi connectivity index (χ3n) is 2.62. The van der Waals surface area contributed by atoms with Crippen LogP contribution in [-0.2, 0) is 9.47 Å². The van der Waals surface area contributed by atoms with E-state index in [-0.39, 0.29) is 26.3 Å². The van der Waals surface area contributed by atoms with Crippen LogP contribution in [0.1, 0.15) is 33.1 Å². The molecule has 2 rings (SSSR count). The molecule has 3 unspecified atom stereocenters. The van der Waals surface area contributed by atoms with Gasteiger partial charge in [0.05, 0.1) is 19.8 Å². The molecular formula is C9H20ClILiN3O2P4. The first-order valence-electron chi connectivity index (χ1n) is 5.78. The zero-order chi connectivity index (χ0) is 14.1. The second-order valence-electron chi connectivity index (χ2n) is 3.82. The van der Waals surface area contributed by atoms with Crippen molar-refractivity contribution in [2.45, 2.75) is 44.8 Å². The second-order valence-corrected chi connectivity index (χ2v) is 19.0. The number of nitrogens with zero attached hydrogens (tertiary/aromatic N) is 2. The van der Waals surface area contributed by atoms with Crippen LogP contribution >= 0.6 is 61.6 Å². The van der Waals surface area contributed by atoms with E-state index in [1.54, 1.807) is 0 Å². The molecule has 0 amide bonds. The van der Waals surface area contributed by atoms with Crippen molar-refractivity contribution in [3.63, 3.8) is 0 Å². The number of hydrogen-bond acceptors (Lipinski definition) is 3. The Morgan fingerprint density at radius 1 is 1.24 bits per heavy atom. The minimum Gasteiger partial charge on any atom is -0.779 e. The third kappa shape index (κ3) is 10.9. The summed E-state index contributed by atoms with van der Waals surface area (Å²) in [6.07, 6.45) is 4.51. The van der Waals surface area contributed by atoms with Gasteiger partial charge in [-0.05, 0) is 55.3 Å². The smallest absolute Gasteiger partial charge is 0.779 e. The molecule has 0 aromatic carbocycles. The van der Waals surface area contributed by atoms with E-state index in [9.17, 15) is 5.16 Å². The first kappa shape index (κ1) is 25.8. The molecule has 5 nitrogen and oxygen atoms in total.